The normalized spacial score (nSPS) is 13.4. The third kappa shape index (κ3) is 4.89. The third-order valence-electron chi connectivity index (χ3n) is 2.97. The molecule has 0 spiro atoms. The first kappa shape index (κ1) is 16.6. The van der Waals surface area contributed by atoms with E-state index in [1.165, 1.54) is 11.3 Å². The van der Waals surface area contributed by atoms with Crippen molar-refractivity contribution in [1.82, 2.24) is 10.0 Å². The van der Waals surface area contributed by atoms with Gasteiger partial charge >= 0.3 is 0 Å². The van der Waals surface area contributed by atoms with Crippen LogP contribution in [0.2, 0.25) is 0 Å². The summed E-state index contributed by atoms with van der Waals surface area (Å²) >= 11 is 3.09. The lowest BCUT2D eigenvalue weighted by atomic mass is 10.1. The zero-order chi connectivity index (χ0) is 15.3. The molecular weight excluding hydrogens is 324 g/mol. The highest BCUT2D eigenvalue weighted by molar-refractivity contribution is 7.89. The Morgan fingerprint density at radius 1 is 1.33 bits per heavy atom. The molecule has 0 aliphatic rings. The predicted octanol–water partition coefficient (Wildman–Crippen LogP) is 2.83. The van der Waals surface area contributed by atoms with E-state index in [0.29, 0.717) is 17.9 Å². The molecule has 2 aromatic rings. The topological polar surface area (TPSA) is 58.2 Å². The van der Waals surface area contributed by atoms with Gasteiger partial charge in [-0.2, -0.15) is 11.3 Å². The third-order valence-corrected chi connectivity index (χ3v) is 6.35. The molecule has 116 valence electrons. The van der Waals surface area contributed by atoms with Crippen LogP contribution in [-0.4, -0.2) is 21.0 Å². The van der Waals surface area contributed by atoms with Gasteiger partial charge in [-0.25, -0.2) is 13.1 Å². The van der Waals surface area contributed by atoms with Crippen LogP contribution in [0.1, 0.15) is 24.3 Å². The van der Waals surface area contributed by atoms with E-state index in [1.807, 2.05) is 30.7 Å². The lowest BCUT2D eigenvalue weighted by molar-refractivity contribution is 0.560. The molecule has 7 heteroatoms. The highest BCUT2D eigenvalue weighted by Crippen LogP contribution is 2.20. The molecule has 0 saturated heterocycles. The van der Waals surface area contributed by atoms with Crippen molar-refractivity contribution < 1.29 is 8.42 Å². The summed E-state index contributed by atoms with van der Waals surface area (Å²) in [6.07, 6.45) is 0.705. The molecule has 2 heterocycles. The molecule has 0 bridgehead atoms. The van der Waals surface area contributed by atoms with E-state index in [9.17, 15) is 8.42 Å². The summed E-state index contributed by atoms with van der Waals surface area (Å²) < 4.78 is 27.4. The molecule has 1 unspecified atom stereocenters. The molecule has 2 N–H and O–H groups in total. The number of hydrogen-bond donors (Lipinski definition) is 2. The summed E-state index contributed by atoms with van der Waals surface area (Å²) in [6.45, 7) is 5.50. The van der Waals surface area contributed by atoms with E-state index in [-0.39, 0.29) is 6.04 Å². The molecule has 0 aliphatic carbocycles. The Morgan fingerprint density at radius 2 is 2.14 bits per heavy atom. The minimum atomic E-state index is -3.43. The minimum absolute atomic E-state index is 0.123. The van der Waals surface area contributed by atoms with Gasteiger partial charge in [0.05, 0.1) is 4.90 Å². The molecule has 0 aliphatic heterocycles. The molecule has 0 radical (unpaired) electrons. The van der Waals surface area contributed by atoms with E-state index < -0.39 is 10.0 Å². The maximum absolute atomic E-state index is 12.3. The molecule has 0 amide bonds. The summed E-state index contributed by atoms with van der Waals surface area (Å²) in [6, 6.07) is 3.64. The van der Waals surface area contributed by atoms with Gasteiger partial charge in [0.1, 0.15) is 0 Å². The van der Waals surface area contributed by atoms with Crippen LogP contribution in [0.4, 0.5) is 0 Å². The van der Waals surface area contributed by atoms with Crippen LogP contribution in [0.5, 0.6) is 0 Å². The minimum Gasteiger partial charge on any atom is -0.312 e. The van der Waals surface area contributed by atoms with Crippen molar-refractivity contribution in [2.24, 2.45) is 0 Å². The molecule has 4 nitrogen and oxygen atoms in total. The van der Waals surface area contributed by atoms with Gasteiger partial charge in [0.25, 0.3) is 0 Å². The van der Waals surface area contributed by atoms with E-state index in [1.54, 1.807) is 22.8 Å². The summed E-state index contributed by atoms with van der Waals surface area (Å²) in [5.41, 5.74) is 1.16. The quantitative estimate of drug-likeness (QED) is 0.774. The van der Waals surface area contributed by atoms with E-state index in [4.69, 9.17) is 0 Å². The van der Waals surface area contributed by atoms with Crippen LogP contribution >= 0.6 is 22.7 Å². The molecule has 2 aromatic heterocycles. The number of sulfonamides is 1. The van der Waals surface area contributed by atoms with E-state index in [2.05, 4.69) is 10.0 Å². The van der Waals surface area contributed by atoms with Gasteiger partial charge in [0, 0.05) is 22.8 Å². The van der Waals surface area contributed by atoms with Crippen molar-refractivity contribution in [2.45, 2.75) is 37.8 Å². The average Bonchev–Trinajstić information content (AvgIpc) is 3.06. The van der Waals surface area contributed by atoms with Crippen LogP contribution in [0.25, 0.3) is 0 Å². The Bertz CT molecular complexity index is 648. The lowest BCUT2D eigenvalue weighted by Gasteiger charge is -2.12. The Morgan fingerprint density at radius 3 is 2.81 bits per heavy atom. The Kier molecular flexibility index (Phi) is 5.95. The zero-order valence-electron chi connectivity index (χ0n) is 12.1. The van der Waals surface area contributed by atoms with Gasteiger partial charge in [-0.3, -0.25) is 0 Å². The van der Waals surface area contributed by atoms with Gasteiger partial charge < -0.3 is 5.32 Å². The number of thiophene rings is 2. The molecular formula is C14H20N2O2S3. The Balaban J connectivity index is 1.98. The molecule has 0 aromatic carbocycles. The molecule has 0 fully saturated rings. The van der Waals surface area contributed by atoms with Crippen LogP contribution in [0.3, 0.4) is 0 Å². The largest absolute Gasteiger partial charge is 0.312 e. The summed E-state index contributed by atoms with van der Waals surface area (Å²) in [7, 11) is -3.43. The smallest absolute Gasteiger partial charge is 0.241 e. The second-order valence-corrected chi connectivity index (χ2v) is 8.38. The second kappa shape index (κ2) is 7.51. The lowest BCUT2D eigenvalue weighted by Crippen LogP contribution is -2.33. The molecule has 0 saturated carbocycles. The monoisotopic (exact) mass is 344 g/mol. The maximum Gasteiger partial charge on any atom is 0.241 e. The SMILES string of the molecule is CCNCc1cc(S(=O)(=O)NC(C)Cc2ccsc2)cs1. The number of hydrogen-bond acceptors (Lipinski definition) is 5. The van der Waals surface area contributed by atoms with Crippen molar-refractivity contribution in [2.75, 3.05) is 6.54 Å². The van der Waals surface area contributed by atoms with E-state index in [0.717, 1.165) is 17.0 Å². The summed E-state index contributed by atoms with van der Waals surface area (Å²) in [4.78, 5) is 1.39. The first-order valence-electron chi connectivity index (χ1n) is 6.83. The van der Waals surface area contributed by atoms with E-state index >= 15 is 0 Å². The van der Waals surface area contributed by atoms with Crippen LogP contribution < -0.4 is 10.0 Å². The number of nitrogens with one attached hydrogen (secondary N) is 2. The Hall–Kier alpha value is -0.730. The zero-order valence-corrected chi connectivity index (χ0v) is 14.6. The van der Waals surface area contributed by atoms with Gasteiger partial charge in [-0.15, -0.1) is 11.3 Å². The Labute approximate surface area is 134 Å². The van der Waals surface area contributed by atoms with Crippen molar-refractivity contribution in [1.29, 1.82) is 0 Å². The summed E-state index contributed by atoms with van der Waals surface area (Å²) in [5, 5.41) is 8.94. The standard InChI is InChI=1S/C14H20N2O2S3/c1-3-15-8-13-7-14(10-20-13)21(17,18)16-11(2)6-12-4-5-19-9-12/h4-5,7,9-11,15-16H,3,6,8H2,1-2H3. The predicted molar refractivity (Wildman–Crippen MR) is 89.5 cm³/mol. The fraction of sp³-hybridized carbons (Fsp3) is 0.429. The van der Waals surface area contributed by atoms with Crippen LogP contribution in [-0.2, 0) is 23.0 Å². The number of rotatable bonds is 8. The van der Waals surface area contributed by atoms with Gasteiger partial charge in [-0.1, -0.05) is 6.92 Å². The van der Waals surface area contributed by atoms with Crippen LogP contribution in [0.15, 0.2) is 33.2 Å². The first-order chi connectivity index (χ1) is 10.0. The fourth-order valence-electron chi connectivity index (χ4n) is 1.98. The highest BCUT2D eigenvalue weighted by Gasteiger charge is 2.19. The first-order valence-corrected chi connectivity index (χ1v) is 10.1. The average molecular weight is 345 g/mol. The van der Waals surface area contributed by atoms with Gasteiger partial charge in [-0.05, 0) is 48.3 Å². The van der Waals surface area contributed by atoms with Crippen LogP contribution in [0, 0.1) is 0 Å². The maximum atomic E-state index is 12.3. The molecule has 2 rings (SSSR count). The van der Waals surface area contributed by atoms with Gasteiger partial charge in [0.2, 0.25) is 10.0 Å². The van der Waals surface area contributed by atoms with Crippen molar-refractivity contribution in [3.05, 3.63) is 38.7 Å². The summed E-state index contributed by atoms with van der Waals surface area (Å²) in [5.74, 6) is 0. The van der Waals surface area contributed by atoms with Crippen molar-refractivity contribution >= 4 is 32.7 Å². The van der Waals surface area contributed by atoms with Crippen molar-refractivity contribution in [3.8, 4) is 0 Å². The van der Waals surface area contributed by atoms with Crippen molar-refractivity contribution in [3.63, 3.8) is 0 Å². The molecule has 21 heavy (non-hydrogen) atoms. The second-order valence-electron chi connectivity index (χ2n) is 4.89. The van der Waals surface area contributed by atoms with Gasteiger partial charge in [0.15, 0.2) is 0 Å². The highest BCUT2D eigenvalue weighted by atomic mass is 32.2. The fourth-order valence-corrected chi connectivity index (χ4v) is 5.15. The molecule has 1 atom stereocenters.